The number of nitrogens with zero attached hydrogens (tertiary/aromatic N) is 3. The van der Waals surface area contributed by atoms with Crippen LogP contribution in [0.5, 0.6) is 0 Å². The molecular formula is C14H17IN4. The monoisotopic (exact) mass is 368 g/mol. The van der Waals surface area contributed by atoms with Gasteiger partial charge in [-0.25, -0.2) is 4.98 Å². The van der Waals surface area contributed by atoms with E-state index in [0.29, 0.717) is 0 Å². The number of benzene rings is 1. The molecule has 0 saturated carbocycles. The summed E-state index contributed by atoms with van der Waals surface area (Å²) < 4.78 is 0. The lowest BCUT2D eigenvalue weighted by Gasteiger charge is -2.21. The van der Waals surface area contributed by atoms with Gasteiger partial charge in [0.1, 0.15) is 0 Å². The van der Waals surface area contributed by atoms with Gasteiger partial charge in [-0.2, -0.15) is 0 Å². The number of hydrogen-bond donors (Lipinski definition) is 1. The molecule has 4 nitrogen and oxygen atoms in total. The number of aliphatic imine (C=N–C) groups is 1. The molecule has 2 heterocycles. The minimum Gasteiger partial charge on any atom is -0.351 e. The highest BCUT2D eigenvalue weighted by Crippen LogP contribution is 2.16. The van der Waals surface area contributed by atoms with E-state index in [-0.39, 0.29) is 24.0 Å². The van der Waals surface area contributed by atoms with E-state index in [9.17, 15) is 0 Å². The van der Waals surface area contributed by atoms with Gasteiger partial charge in [-0.1, -0.05) is 18.2 Å². The summed E-state index contributed by atoms with van der Waals surface area (Å²) in [6.07, 6.45) is 9.08. The van der Waals surface area contributed by atoms with Crippen LogP contribution < -0.4 is 4.90 Å². The third-order valence-electron chi connectivity index (χ3n) is 2.41. The van der Waals surface area contributed by atoms with Crippen molar-refractivity contribution in [2.75, 3.05) is 11.4 Å². The molecular weight excluding hydrogens is 351 g/mol. The SMILES string of the molecule is CC1=CN(c2ccccc2)CC=N1.I.c1c[nH]cn1. The summed E-state index contributed by atoms with van der Waals surface area (Å²) in [5.41, 5.74) is 2.27. The van der Waals surface area contributed by atoms with Crippen LogP contribution in [0.3, 0.4) is 0 Å². The largest absolute Gasteiger partial charge is 0.351 e. The summed E-state index contributed by atoms with van der Waals surface area (Å²) in [6, 6.07) is 10.3. The minimum absolute atomic E-state index is 0. The van der Waals surface area contributed by atoms with Crippen LogP contribution in [-0.2, 0) is 0 Å². The van der Waals surface area contributed by atoms with Crippen molar-refractivity contribution in [3.05, 3.63) is 60.9 Å². The van der Waals surface area contributed by atoms with Gasteiger partial charge in [0.25, 0.3) is 0 Å². The Kier molecular flexibility index (Phi) is 6.88. The number of rotatable bonds is 1. The van der Waals surface area contributed by atoms with E-state index in [4.69, 9.17) is 0 Å². The molecule has 1 aliphatic heterocycles. The molecule has 1 N–H and O–H groups in total. The van der Waals surface area contributed by atoms with Gasteiger partial charge in [0.05, 0.1) is 18.6 Å². The van der Waals surface area contributed by atoms with E-state index in [1.165, 1.54) is 5.69 Å². The molecule has 0 radical (unpaired) electrons. The van der Waals surface area contributed by atoms with E-state index in [2.05, 4.69) is 38.2 Å². The summed E-state index contributed by atoms with van der Waals surface area (Å²) in [4.78, 5) is 12.8. The Morgan fingerprint density at radius 3 is 2.53 bits per heavy atom. The molecule has 100 valence electrons. The van der Waals surface area contributed by atoms with Gasteiger partial charge < -0.3 is 9.88 Å². The molecule has 0 amide bonds. The molecule has 0 fully saturated rings. The maximum Gasteiger partial charge on any atom is 0.0919 e. The fraction of sp³-hybridized carbons (Fsp3) is 0.143. The van der Waals surface area contributed by atoms with Crippen molar-refractivity contribution in [2.45, 2.75) is 6.92 Å². The Balaban J connectivity index is 0.000000256. The van der Waals surface area contributed by atoms with E-state index in [1.807, 2.05) is 31.3 Å². The number of H-pyrrole nitrogens is 1. The number of aromatic nitrogens is 2. The average molecular weight is 368 g/mol. The van der Waals surface area contributed by atoms with E-state index in [1.54, 1.807) is 18.7 Å². The second-order valence-electron chi connectivity index (χ2n) is 3.83. The molecule has 0 bridgehead atoms. The Hall–Kier alpha value is -1.63. The first-order valence-corrected chi connectivity index (χ1v) is 5.81. The molecule has 0 spiro atoms. The molecule has 0 atom stereocenters. The first kappa shape index (κ1) is 15.4. The van der Waals surface area contributed by atoms with E-state index < -0.39 is 0 Å². The molecule has 3 rings (SSSR count). The molecule has 0 unspecified atom stereocenters. The van der Waals surface area contributed by atoms with Gasteiger partial charge in [-0.3, -0.25) is 4.99 Å². The smallest absolute Gasteiger partial charge is 0.0919 e. The lowest BCUT2D eigenvalue weighted by atomic mass is 10.3. The predicted octanol–water partition coefficient (Wildman–Crippen LogP) is 3.47. The summed E-state index contributed by atoms with van der Waals surface area (Å²) in [6.45, 7) is 2.87. The highest BCUT2D eigenvalue weighted by molar-refractivity contribution is 14.0. The van der Waals surface area contributed by atoms with Crippen molar-refractivity contribution in [2.24, 2.45) is 4.99 Å². The fourth-order valence-corrected chi connectivity index (χ4v) is 1.60. The van der Waals surface area contributed by atoms with Crippen LogP contribution in [0, 0.1) is 0 Å². The predicted molar refractivity (Wildman–Crippen MR) is 90.0 cm³/mol. The Labute approximate surface area is 130 Å². The maximum absolute atomic E-state index is 4.20. The van der Waals surface area contributed by atoms with Crippen LogP contribution >= 0.6 is 24.0 Å². The van der Waals surface area contributed by atoms with Crippen LogP contribution in [0.15, 0.2) is 65.9 Å². The third-order valence-corrected chi connectivity index (χ3v) is 2.41. The van der Waals surface area contributed by atoms with Crippen LogP contribution in [-0.4, -0.2) is 22.7 Å². The Bertz CT molecular complexity index is 488. The van der Waals surface area contributed by atoms with Gasteiger partial charge in [0.15, 0.2) is 0 Å². The number of halogens is 1. The number of para-hydroxylation sites is 1. The molecule has 0 aliphatic carbocycles. The van der Waals surface area contributed by atoms with Gasteiger partial charge >= 0.3 is 0 Å². The lowest BCUT2D eigenvalue weighted by Crippen LogP contribution is -2.21. The van der Waals surface area contributed by atoms with Crippen molar-refractivity contribution >= 4 is 35.9 Å². The van der Waals surface area contributed by atoms with E-state index in [0.717, 1.165) is 12.2 Å². The molecule has 0 saturated heterocycles. The van der Waals surface area contributed by atoms with Crippen LogP contribution in [0.25, 0.3) is 0 Å². The van der Waals surface area contributed by atoms with Crippen LogP contribution in [0.1, 0.15) is 6.92 Å². The molecule has 1 aromatic heterocycles. The van der Waals surface area contributed by atoms with Gasteiger partial charge in [-0.05, 0) is 19.1 Å². The van der Waals surface area contributed by atoms with Gasteiger partial charge in [-0.15, -0.1) is 24.0 Å². The van der Waals surface area contributed by atoms with Gasteiger partial charge in [0, 0.05) is 30.5 Å². The average Bonchev–Trinajstić information content (AvgIpc) is 2.99. The van der Waals surface area contributed by atoms with Crippen molar-refractivity contribution in [1.29, 1.82) is 0 Å². The number of anilines is 1. The van der Waals surface area contributed by atoms with Crippen molar-refractivity contribution in [3.63, 3.8) is 0 Å². The first-order valence-electron chi connectivity index (χ1n) is 5.81. The molecule has 5 heteroatoms. The van der Waals surface area contributed by atoms with Crippen LogP contribution in [0.2, 0.25) is 0 Å². The number of aromatic amines is 1. The number of imidazole rings is 1. The topological polar surface area (TPSA) is 44.3 Å². The summed E-state index contributed by atoms with van der Waals surface area (Å²) in [5, 5.41) is 0. The number of allylic oxidation sites excluding steroid dienone is 1. The Morgan fingerprint density at radius 2 is 2.00 bits per heavy atom. The molecule has 2 aromatic rings. The van der Waals surface area contributed by atoms with Crippen molar-refractivity contribution in [1.82, 2.24) is 9.97 Å². The Morgan fingerprint density at radius 1 is 1.21 bits per heavy atom. The van der Waals surface area contributed by atoms with Crippen LogP contribution in [0.4, 0.5) is 5.69 Å². The van der Waals surface area contributed by atoms with Crippen molar-refractivity contribution < 1.29 is 0 Å². The number of hydrogen-bond acceptors (Lipinski definition) is 3. The molecule has 1 aromatic carbocycles. The highest BCUT2D eigenvalue weighted by atomic mass is 127. The van der Waals surface area contributed by atoms with Gasteiger partial charge in [0.2, 0.25) is 0 Å². The second kappa shape index (κ2) is 8.47. The maximum atomic E-state index is 4.20. The zero-order valence-corrected chi connectivity index (χ0v) is 13.1. The fourth-order valence-electron chi connectivity index (χ4n) is 1.60. The summed E-state index contributed by atoms with van der Waals surface area (Å²) >= 11 is 0. The zero-order valence-electron chi connectivity index (χ0n) is 10.7. The van der Waals surface area contributed by atoms with E-state index >= 15 is 0 Å². The molecule has 1 aliphatic rings. The summed E-state index contributed by atoms with van der Waals surface area (Å²) in [5.74, 6) is 0. The lowest BCUT2D eigenvalue weighted by molar-refractivity contribution is 1.06. The zero-order chi connectivity index (χ0) is 12.6. The highest BCUT2D eigenvalue weighted by Gasteiger charge is 2.04. The quantitative estimate of drug-likeness (QED) is 0.784. The second-order valence-corrected chi connectivity index (χ2v) is 3.83. The normalized spacial score (nSPS) is 12.9. The minimum atomic E-state index is 0. The number of nitrogens with one attached hydrogen (secondary N) is 1. The first-order chi connectivity index (χ1) is 8.86. The summed E-state index contributed by atoms with van der Waals surface area (Å²) in [7, 11) is 0. The standard InChI is InChI=1S/C11H12N2.C3H4N2.HI/c1-10-9-13(8-7-12-10)11-5-3-2-4-6-11;1-2-5-3-4-1;/h2-7,9H,8H2,1H3;1-3H,(H,4,5);1H. The van der Waals surface area contributed by atoms with Crippen molar-refractivity contribution in [3.8, 4) is 0 Å². The molecule has 19 heavy (non-hydrogen) atoms. The third kappa shape index (κ3) is 5.25.